The highest BCUT2D eigenvalue weighted by molar-refractivity contribution is 6.01. The van der Waals surface area contributed by atoms with Crippen LogP contribution in [0.1, 0.15) is 104 Å². The molecule has 1 aliphatic carbocycles. The van der Waals surface area contributed by atoms with Crippen LogP contribution in [0.5, 0.6) is 0 Å². The summed E-state index contributed by atoms with van der Waals surface area (Å²) in [6, 6.07) is 15.4. The van der Waals surface area contributed by atoms with Crippen LogP contribution in [0.2, 0.25) is 0 Å². The maximum atomic E-state index is 13.1. The number of fused-ring (bicyclic) bond motifs is 1. The van der Waals surface area contributed by atoms with Crippen molar-refractivity contribution in [1.82, 2.24) is 34.6 Å². The molecule has 3 aromatic heterocycles. The molecule has 0 bridgehead atoms. The minimum absolute atomic E-state index is 0.0113. The zero-order chi connectivity index (χ0) is 37.2. The maximum absolute atomic E-state index is 13.1. The molecule has 4 fully saturated rings. The fourth-order valence-corrected chi connectivity index (χ4v) is 9.17. The number of nitrogens with zero attached hydrogens (tertiary/aromatic N) is 7. The Kier molecular flexibility index (Phi) is 10.6. The predicted molar refractivity (Wildman–Crippen MR) is 210 cm³/mol. The van der Waals surface area contributed by atoms with Gasteiger partial charge in [-0.3, -0.25) is 19.7 Å². The van der Waals surface area contributed by atoms with E-state index in [1.807, 2.05) is 30.5 Å². The van der Waals surface area contributed by atoms with Crippen molar-refractivity contribution in [1.29, 1.82) is 0 Å². The van der Waals surface area contributed by atoms with Gasteiger partial charge in [-0.1, -0.05) is 31.0 Å². The van der Waals surface area contributed by atoms with Crippen LogP contribution in [0.3, 0.4) is 0 Å². The van der Waals surface area contributed by atoms with Crippen molar-refractivity contribution < 1.29 is 14.4 Å². The number of hydrogen-bond donors (Lipinski definition) is 2. The molecule has 0 radical (unpaired) electrons. The lowest BCUT2D eigenvalue weighted by molar-refractivity contribution is -0.134. The van der Waals surface area contributed by atoms with Crippen molar-refractivity contribution in [2.75, 3.05) is 50.5 Å². The summed E-state index contributed by atoms with van der Waals surface area (Å²) >= 11 is 0. The van der Waals surface area contributed by atoms with E-state index in [4.69, 9.17) is 9.97 Å². The molecule has 6 heterocycles. The second kappa shape index (κ2) is 15.9. The summed E-state index contributed by atoms with van der Waals surface area (Å²) in [7, 11) is 3.58. The van der Waals surface area contributed by atoms with Gasteiger partial charge in [-0.25, -0.2) is 9.97 Å². The number of carbonyl (C=O) groups is 3. The Balaban J connectivity index is 0.800. The first-order valence-corrected chi connectivity index (χ1v) is 20.0. The van der Waals surface area contributed by atoms with Crippen LogP contribution in [0, 0.1) is 5.92 Å². The fraction of sp³-hybridized carbons (Fsp3) is 0.524. The van der Waals surface area contributed by atoms with Crippen LogP contribution in [-0.4, -0.2) is 93.4 Å². The summed E-state index contributed by atoms with van der Waals surface area (Å²) < 4.78 is 2.14. The molecule has 4 aromatic rings. The van der Waals surface area contributed by atoms with Gasteiger partial charge in [-0.05, 0) is 112 Å². The Morgan fingerprint density at radius 2 is 1.69 bits per heavy atom. The first-order chi connectivity index (χ1) is 26.3. The Morgan fingerprint density at radius 3 is 2.41 bits per heavy atom. The Morgan fingerprint density at radius 1 is 0.889 bits per heavy atom. The standard InChI is InChI=1S/C42H53N9O3/c1-48(2)41(54)36-25-31-27-44-42(47-39(31)51(36)33-7-3-4-8-33)45-37-14-12-29(26-43-37)11-10-28-16-20-49(21-17-28)32-18-22-50(23-19-32)34-9-5-6-30(24-34)35-13-15-38(52)46-40(35)53/h5-6,9,12,14,24-28,32-33,35H,3-4,7-8,10-11,13,15-23H2,1-2H3,(H,46,52,53)(H,43,44,45,47). The number of anilines is 3. The van der Waals surface area contributed by atoms with Crippen LogP contribution in [0.15, 0.2) is 54.9 Å². The van der Waals surface area contributed by atoms with E-state index in [1.54, 1.807) is 25.2 Å². The lowest BCUT2D eigenvalue weighted by Crippen LogP contribution is -2.47. The third-order valence-corrected chi connectivity index (χ3v) is 12.3. The second-order valence-electron chi connectivity index (χ2n) is 16.0. The number of rotatable bonds is 10. The number of amides is 3. The zero-order valence-corrected chi connectivity index (χ0v) is 31.7. The van der Waals surface area contributed by atoms with Gasteiger partial charge in [0.2, 0.25) is 17.8 Å². The van der Waals surface area contributed by atoms with Gasteiger partial charge in [0.25, 0.3) is 5.91 Å². The predicted octanol–water partition coefficient (Wildman–Crippen LogP) is 6.22. The number of pyridine rings is 1. The largest absolute Gasteiger partial charge is 0.371 e. The van der Waals surface area contributed by atoms with Crippen LogP contribution in [0.4, 0.5) is 17.5 Å². The molecule has 0 spiro atoms. The average molecular weight is 732 g/mol. The number of benzene rings is 1. The summed E-state index contributed by atoms with van der Waals surface area (Å²) in [5.74, 6) is 1.33. The Labute approximate surface area is 317 Å². The molecular formula is C42H53N9O3. The summed E-state index contributed by atoms with van der Waals surface area (Å²) in [5.41, 5.74) is 4.91. The van der Waals surface area contributed by atoms with Gasteiger partial charge in [0, 0.05) is 69.2 Å². The highest BCUT2D eigenvalue weighted by Gasteiger charge is 2.31. The number of likely N-dealkylation sites (tertiary alicyclic amines) is 1. The highest BCUT2D eigenvalue weighted by atomic mass is 16.2. The van der Waals surface area contributed by atoms with E-state index in [0.717, 1.165) is 67.7 Å². The molecule has 12 heteroatoms. The number of aryl methyl sites for hydroxylation is 1. The van der Waals surface area contributed by atoms with E-state index in [-0.39, 0.29) is 29.7 Å². The molecule has 54 heavy (non-hydrogen) atoms. The quantitative estimate of drug-likeness (QED) is 0.183. The van der Waals surface area contributed by atoms with Gasteiger partial charge in [0.15, 0.2) is 0 Å². The van der Waals surface area contributed by atoms with Gasteiger partial charge in [-0.2, -0.15) is 4.98 Å². The zero-order valence-electron chi connectivity index (χ0n) is 31.7. The molecule has 3 amide bonds. The van der Waals surface area contributed by atoms with Gasteiger partial charge in [-0.15, -0.1) is 0 Å². The van der Waals surface area contributed by atoms with Gasteiger partial charge in [0.1, 0.15) is 17.2 Å². The van der Waals surface area contributed by atoms with Gasteiger partial charge < -0.3 is 24.6 Å². The van der Waals surface area contributed by atoms with E-state index in [1.165, 1.54) is 56.4 Å². The minimum atomic E-state index is -0.242. The second-order valence-corrected chi connectivity index (χ2v) is 16.0. The lowest BCUT2D eigenvalue weighted by atomic mass is 9.89. The van der Waals surface area contributed by atoms with Crippen LogP contribution in [-0.2, 0) is 16.0 Å². The van der Waals surface area contributed by atoms with E-state index in [0.29, 0.717) is 36.3 Å². The summed E-state index contributed by atoms with van der Waals surface area (Å²) in [6.45, 7) is 4.38. The maximum Gasteiger partial charge on any atom is 0.270 e. The molecule has 284 valence electrons. The molecule has 4 aliphatic rings. The smallest absolute Gasteiger partial charge is 0.270 e. The summed E-state index contributed by atoms with van der Waals surface area (Å²) in [4.78, 5) is 58.1. The van der Waals surface area contributed by atoms with Crippen LogP contribution in [0.25, 0.3) is 11.0 Å². The van der Waals surface area contributed by atoms with Crippen LogP contribution < -0.4 is 15.5 Å². The SMILES string of the molecule is CN(C)C(=O)c1cc2cnc(Nc3ccc(CCC4CCN(C5CCN(c6cccc(C7CCC(=O)NC7=O)c6)CC5)CC4)cn3)nc2n1C1CCCC1. The number of aromatic nitrogens is 4. The molecule has 1 atom stereocenters. The van der Waals surface area contributed by atoms with E-state index < -0.39 is 0 Å². The lowest BCUT2D eigenvalue weighted by Gasteiger charge is -2.42. The summed E-state index contributed by atoms with van der Waals surface area (Å²) in [6.07, 6.45) is 16.2. The van der Waals surface area contributed by atoms with Crippen molar-refractivity contribution in [3.05, 3.63) is 71.7 Å². The monoisotopic (exact) mass is 731 g/mol. The molecule has 1 unspecified atom stereocenters. The van der Waals surface area contributed by atoms with E-state index >= 15 is 0 Å². The number of nitrogens with one attached hydrogen (secondary N) is 2. The van der Waals surface area contributed by atoms with E-state index in [2.05, 4.69) is 48.2 Å². The molecule has 1 saturated carbocycles. The van der Waals surface area contributed by atoms with Crippen molar-refractivity contribution in [3.63, 3.8) is 0 Å². The van der Waals surface area contributed by atoms with Crippen molar-refractivity contribution in [2.24, 2.45) is 5.92 Å². The summed E-state index contributed by atoms with van der Waals surface area (Å²) in [5, 5.41) is 6.68. The third kappa shape index (κ3) is 7.85. The topological polar surface area (TPSA) is 129 Å². The molecular weight excluding hydrogens is 679 g/mol. The number of piperidine rings is 3. The number of hydrogen-bond acceptors (Lipinski definition) is 9. The normalized spacial score (nSPS) is 20.8. The van der Waals surface area contributed by atoms with Crippen LogP contribution >= 0.6 is 0 Å². The molecule has 12 nitrogen and oxygen atoms in total. The van der Waals surface area contributed by atoms with Crippen molar-refractivity contribution in [3.8, 4) is 0 Å². The number of carbonyl (C=O) groups excluding carboxylic acids is 3. The molecule has 3 saturated heterocycles. The van der Waals surface area contributed by atoms with Crippen molar-refractivity contribution >= 4 is 46.2 Å². The van der Waals surface area contributed by atoms with E-state index in [9.17, 15) is 14.4 Å². The van der Waals surface area contributed by atoms with Gasteiger partial charge in [0.05, 0.1) is 5.92 Å². The average Bonchev–Trinajstić information content (AvgIpc) is 3.86. The number of imide groups is 1. The Hall–Kier alpha value is -4.84. The first-order valence-electron chi connectivity index (χ1n) is 20.0. The molecule has 1 aromatic carbocycles. The minimum Gasteiger partial charge on any atom is -0.371 e. The molecule has 2 N–H and O–H groups in total. The molecule has 8 rings (SSSR count). The van der Waals surface area contributed by atoms with Crippen molar-refractivity contribution in [2.45, 2.75) is 95.1 Å². The molecule has 3 aliphatic heterocycles. The first kappa shape index (κ1) is 36.2. The highest BCUT2D eigenvalue weighted by Crippen LogP contribution is 2.35. The Bertz CT molecular complexity index is 1970. The fourth-order valence-electron chi connectivity index (χ4n) is 9.17. The van der Waals surface area contributed by atoms with Gasteiger partial charge >= 0.3 is 0 Å². The third-order valence-electron chi connectivity index (χ3n) is 12.3.